The van der Waals surface area contributed by atoms with Gasteiger partial charge in [0.2, 0.25) is 11.8 Å². The van der Waals surface area contributed by atoms with Crippen LogP contribution in [0.15, 0.2) is 4.42 Å². The fraction of sp³-hybridized carbons (Fsp3) is 0.867. The lowest BCUT2D eigenvalue weighted by Crippen LogP contribution is -2.44. The maximum atomic E-state index is 9.55. The minimum Gasteiger partial charge on any atom is -0.424 e. The van der Waals surface area contributed by atoms with Gasteiger partial charge < -0.3 is 9.52 Å². The Bertz CT molecular complexity index is 433. The summed E-state index contributed by atoms with van der Waals surface area (Å²) in [6.07, 6.45) is 3.01. The summed E-state index contributed by atoms with van der Waals surface area (Å²) in [5.41, 5.74) is -0.00665. The molecule has 2 rings (SSSR count). The molecule has 0 radical (unpaired) electrons. The molecule has 0 amide bonds. The van der Waals surface area contributed by atoms with E-state index in [4.69, 9.17) is 4.42 Å². The summed E-state index contributed by atoms with van der Waals surface area (Å²) < 4.78 is 5.78. The number of aliphatic hydroxyl groups is 1. The van der Waals surface area contributed by atoms with Crippen LogP contribution < -0.4 is 0 Å². The van der Waals surface area contributed by atoms with Crippen molar-refractivity contribution in [3.63, 3.8) is 0 Å². The molecule has 5 nitrogen and oxygen atoms in total. The lowest BCUT2D eigenvalue weighted by atomic mass is 9.82. The number of likely N-dealkylation sites (tertiary alicyclic amines) is 1. The van der Waals surface area contributed by atoms with Gasteiger partial charge >= 0.3 is 0 Å². The molecule has 2 atom stereocenters. The zero-order chi connectivity index (χ0) is 14.8. The number of piperidine rings is 1. The molecule has 0 aliphatic carbocycles. The molecular weight excluding hydrogens is 254 g/mol. The van der Waals surface area contributed by atoms with E-state index in [2.05, 4.69) is 42.8 Å². The SMILES string of the molecule is CC(C)Cc1nnc(C(C)N2CCCC(C)(CO)C2)o1. The van der Waals surface area contributed by atoms with Crippen molar-refractivity contribution in [2.24, 2.45) is 11.3 Å². The van der Waals surface area contributed by atoms with Crippen molar-refractivity contribution in [1.29, 1.82) is 0 Å². The molecule has 1 aromatic rings. The summed E-state index contributed by atoms with van der Waals surface area (Å²) in [7, 11) is 0. The third-order valence-corrected chi connectivity index (χ3v) is 4.16. The van der Waals surface area contributed by atoms with E-state index < -0.39 is 0 Å². The van der Waals surface area contributed by atoms with Gasteiger partial charge in [0.15, 0.2) is 0 Å². The summed E-state index contributed by atoms with van der Waals surface area (Å²) in [6.45, 7) is 10.7. The van der Waals surface area contributed by atoms with Gasteiger partial charge in [-0.15, -0.1) is 10.2 Å². The number of aromatic nitrogens is 2. The van der Waals surface area contributed by atoms with Crippen LogP contribution in [0.3, 0.4) is 0 Å². The van der Waals surface area contributed by atoms with Crippen molar-refractivity contribution < 1.29 is 9.52 Å². The molecule has 1 aliphatic rings. The summed E-state index contributed by atoms with van der Waals surface area (Å²) >= 11 is 0. The Morgan fingerprint density at radius 3 is 2.75 bits per heavy atom. The molecule has 0 spiro atoms. The van der Waals surface area contributed by atoms with Crippen molar-refractivity contribution in [1.82, 2.24) is 15.1 Å². The molecule has 1 aromatic heterocycles. The quantitative estimate of drug-likeness (QED) is 0.898. The molecule has 2 heterocycles. The number of hydrogen-bond donors (Lipinski definition) is 1. The highest BCUT2D eigenvalue weighted by Gasteiger charge is 2.34. The average molecular weight is 281 g/mol. The lowest BCUT2D eigenvalue weighted by molar-refractivity contribution is 0.0221. The van der Waals surface area contributed by atoms with Crippen molar-refractivity contribution in [2.45, 2.75) is 53.0 Å². The van der Waals surface area contributed by atoms with Crippen molar-refractivity contribution >= 4 is 0 Å². The topological polar surface area (TPSA) is 62.4 Å². The van der Waals surface area contributed by atoms with E-state index in [1.165, 1.54) is 0 Å². The first-order valence-corrected chi connectivity index (χ1v) is 7.61. The van der Waals surface area contributed by atoms with Gasteiger partial charge in [0.1, 0.15) is 0 Å². The van der Waals surface area contributed by atoms with E-state index in [1.807, 2.05) is 0 Å². The zero-order valence-corrected chi connectivity index (χ0v) is 13.1. The molecule has 0 aromatic carbocycles. The number of rotatable bonds is 5. The molecule has 1 aliphatic heterocycles. The van der Waals surface area contributed by atoms with Crippen LogP contribution in [0.2, 0.25) is 0 Å². The first-order chi connectivity index (χ1) is 9.43. The molecule has 2 unspecified atom stereocenters. The predicted molar refractivity (Wildman–Crippen MR) is 77.3 cm³/mol. The van der Waals surface area contributed by atoms with Crippen molar-refractivity contribution in [3.8, 4) is 0 Å². The standard InChI is InChI=1S/C15H27N3O2/c1-11(2)8-13-16-17-14(20-13)12(3)18-7-5-6-15(4,9-18)10-19/h11-12,19H,5-10H2,1-4H3. The van der Waals surface area contributed by atoms with E-state index in [9.17, 15) is 5.11 Å². The molecule has 5 heteroatoms. The fourth-order valence-electron chi connectivity index (χ4n) is 2.84. The molecule has 1 fully saturated rings. The van der Waals surface area contributed by atoms with Crippen LogP contribution in [-0.2, 0) is 6.42 Å². The van der Waals surface area contributed by atoms with Gasteiger partial charge in [-0.25, -0.2) is 0 Å². The maximum absolute atomic E-state index is 9.55. The lowest BCUT2D eigenvalue weighted by Gasteiger charge is -2.41. The second kappa shape index (κ2) is 6.22. The van der Waals surface area contributed by atoms with Crippen LogP contribution >= 0.6 is 0 Å². The molecule has 114 valence electrons. The summed E-state index contributed by atoms with van der Waals surface area (Å²) in [5, 5.41) is 17.9. The number of nitrogens with zero attached hydrogens (tertiary/aromatic N) is 3. The average Bonchev–Trinajstić information content (AvgIpc) is 2.85. The number of aliphatic hydroxyl groups excluding tert-OH is 1. The van der Waals surface area contributed by atoms with E-state index in [0.717, 1.165) is 38.2 Å². The largest absolute Gasteiger partial charge is 0.424 e. The normalized spacial score (nSPS) is 26.1. The van der Waals surface area contributed by atoms with Gasteiger partial charge in [-0.05, 0) is 32.2 Å². The van der Waals surface area contributed by atoms with Crippen LogP contribution in [0.4, 0.5) is 0 Å². The predicted octanol–water partition coefficient (Wildman–Crippen LogP) is 2.42. The van der Waals surface area contributed by atoms with E-state index in [1.54, 1.807) is 0 Å². The van der Waals surface area contributed by atoms with E-state index in [0.29, 0.717) is 11.8 Å². The van der Waals surface area contributed by atoms with Gasteiger partial charge in [0.05, 0.1) is 6.04 Å². The Morgan fingerprint density at radius 2 is 2.10 bits per heavy atom. The molecule has 0 saturated carbocycles. The monoisotopic (exact) mass is 281 g/mol. The Labute approximate surface area is 121 Å². The van der Waals surface area contributed by atoms with Gasteiger partial charge in [-0.1, -0.05) is 20.8 Å². The van der Waals surface area contributed by atoms with Crippen LogP contribution in [0.25, 0.3) is 0 Å². The van der Waals surface area contributed by atoms with Crippen LogP contribution in [0.1, 0.15) is 58.4 Å². The Morgan fingerprint density at radius 1 is 1.35 bits per heavy atom. The van der Waals surface area contributed by atoms with Gasteiger partial charge in [-0.2, -0.15) is 0 Å². The minimum absolute atomic E-state index is 0.00665. The van der Waals surface area contributed by atoms with Gasteiger partial charge in [0, 0.05) is 25.0 Å². The first kappa shape index (κ1) is 15.4. The van der Waals surface area contributed by atoms with Crippen LogP contribution in [0.5, 0.6) is 0 Å². The molecule has 0 bridgehead atoms. The van der Waals surface area contributed by atoms with Crippen LogP contribution in [-0.4, -0.2) is 39.9 Å². The highest BCUT2D eigenvalue weighted by atomic mass is 16.4. The third-order valence-electron chi connectivity index (χ3n) is 4.16. The molecule has 1 N–H and O–H groups in total. The Balaban J connectivity index is 2.03. The number of hydrogen-bond acceptors (Lipinski definition) is 5. The van der Waals surface area contributed by atoms with E-state index >= 15 is 0 Å². The highest BCUT2D eigenvalue weighted by molar-refractivity contribution is 4.93. The zero-order valence-electron chi connectivity index (χ0n) is 13.1. The highest BCUT2D eigenvalue weighted by Crippen LogP contribution is 2.33. The summed E-state index contributed by atoms with van der Waals surface area (Å²) in [4.78, 5) is 2.34. The molecule has 1 saturated heterocycles. The first-order valence-electron chi connectivity index (χ1n) is 7.61. The summed E-state index contributed by atoms with van der Waals surface area (Å²) in [6, 6.07) is 0.120. The maximum Gasteiger partial charge on any atom is 0.233 e. The van der Waals surface area contributed by atoms with Crippen molar-refractivity contribution in [2.75, 3.05) is 19.7 Å². The minimum atomic E-state index is -0.00665. The second-order valence-corrected chi connectivity index (χ2v) is 6.85. The Kier molecular flexibility index (Phi) is 4.81. The van der Waals surface area contributed by atoms with Crippen LogP contribution in [0, 0.1) is 11.3 Å². The van der Waals surface area contributed by atoms with Gasteiger partial charge in [0.25, 0.3) is 0 Å². The van der Waals surface area contributed by atoms with E-state index in [-0.39, 0.29) is 18.1 Å². The Hall–Kier alpha value is -0.940. The fourth-order valence-corrected chi connectivity index (χ4v) is 2.84. The summed E-state index contributed by atoms with van der Waals surface area (Å²) in [5.74, 6) is 1.94. The smallest absolute Gasteiger partial charge is 0.233 e. The second-order valence-electron chi connectivity index (χ2n) is 6.85. The van der Waals surface area contributed by atoms with Gasteiger partial charge in [-0.3, -0.25) is 4.90 Å². The van der Waals surface area contributed by atoms with Crippen molar-refractivity contribution in [3.05, 3.63) is 11.8 Å². The molecular formula is C15H27N3O2. The third kappa shape index (κ3) is 3.58. The molecule has 20 heavy (non-hydrogen) atoms.